The maximum atomic E-state index is 13.1. The quantitative estimate of drug-likeness (QED) is 0.930. The standard InChI is InChI=1S/C17H28N4O/c1-4-11-21-15(13-12-20(3)19-14(13)5-2)18-17(16(21)22)9-7-6-8-10-17/h12,15,18H,4-11H2,1-3H3. The highest BCUT2D eigenvalue weighted by Gasteiger charge is 2.51. The van der Waals surface area contributed by atoms with Gasteiger partial charge in [0, 0.05) is 25.4 Å². The van der Waals surface area contributed by atoms with Gasteiger partial charge in [-0.3, -0.25) is 14.8 Å². The van der Waals surface area contributed by atoms with Crippen molar-refractivity contribution in [3.63, 3.8) is 0 Å². The van der Waals surface area contributed by atoms with Gasteiger partial charge in [-0.2, -0.15) is 5.10 Å². The Morgan fingerprint density at radius 1 is 1.32 bits per heavy atom. The minimum absolute atomic E-state index is 0.00537. The minimum Gasteiger partial charge on any atom is -0.321 e. The summed E-state index contributed by atoms with van der Waals surface area (Å²) in [7, 11) is 1.96. The second-order valence-corrected chi connectivity index (χ2v) is 6.75. The summed E-state index contributed by atoms with van der Waals surface area (Å²) in [6.07, 6.45) is 9.47. The summed E-state index contributed by atoms with van der Waals surface area (Å²) in [6.45, 7) is 5.08. The van der Waals surface area contributed by atoms with E-state index in [-0.39, 0.29) is 11.7 Å². The van der Waals surface area contributed by atoms with Crippen LogP contribution < -0.4 is 5.32 Å². The average Bonchev–Trinajstić information content (AvgIpc) is 3.02. The minimum atomic E-state index is -0.320. The van der Waals surface area contributed by atoms with Crippen molar-refractivity contribution < 1.29 is 4.79 Å². The van der Waals surface area contributed by atoms with Crippen LogP contribution in [0.3, 0.4) is 0 Å². The van der Waals surface area contributed by atoms with E-state index in [1.807, 2.05) is 11.7 Å². The molecule has 1 aliphatic carbocycles. The summed E-state index contributed by atoms with van der Waals surface area (Å²) >= 11 is 0. The summed E-state index contributed by atoms with van der Waals surface area (Å²) in [4.78, 5) is 15.2. The van der Waals surface area contributed by atoms with Crippen LogP contribution in [-0.4, -0.2) is 32.7 Å². The van der Waals surface area contributed by atoms with Gasteiger partial charge in [-0.25, -0.2) is 0 Å². The van der Waals surface area contributed by atoms with Crippen LogP contribution in [0.15, 0.2) is 6.20 Å². The molecule has 22 heavy (non-hydrogen) atoms. The largest absolute Gasteiger partial charge is 0.321 e. The van der Waals surface area contributed by atoms with Crippen molar-refractivity contribution in [2.24, 2.45) is 7.05 Å². The van der Waals surface area contributed by atoms with E-state index in [1.54, 1.807) is 0 Å². The zero-order valence-electron chi connectivity index (χ0n) is 14.1. The Bertz CT molecular complexity index is 545. The van der Waals surface area contributed by atoms with Crippen LogP contribution in [0, 0.1) is 0 Å². The number of nitrogens with zero attached hydrogens (tertiary/aromatic N) is 3. The molecule has 3 rings (SSSR count). The van der Waals surface area contributed by atoms with Gasteiger partial charge in [0.2, 0.25) is 5.91 Å². The van der Waals surface area contributed by atoms with Crippen LogP contribution in [0.2, 0.25) is 0 Å². The Hall–Kier alpha value is -1.36. The normalized spacial score (nSPS) is 24.4. The Balaban J connectivity index is 1.96. The van der Waals surface area contributed by atoms with Gasteiger partial charge >= 0.3 is 0 Å². The first kappa shape index (κ1) is 15.5. The predicted octanol–water partition coefficient (Wildman–Crippen LogP) is 2.53. The van der Waals surface area contributed by atoms with Crippen molar-refractivity contribution in [1.29, 1.82) is 0 Å². The molecule has 5 heteroatoms. The van der Waals surface area contributed by atoms with Crippen molar-refractivity contribution in [1.82, 2.24) is 20.0 Å². The number of rotatable bonds is 4. The zero-order chi connectivity index (χ0) is 15.7. The van der Waals surface area contributed by atoms with Gasteiger partial charge in [0.05, 0.1) is 11.2 Å². The predicted molar refractivity (Wildman–Crippen MR) is 86.3 cm³/mol. The van der Waals surface area contributed by atoms with Gasteiger partial charge in [0.15, 0.2) is 0 Å². The molecule has 0 aromatic carbocycles. The summed E-state index contributed by atoms with van der Waals surface area (Å²) in [5, 5.41) is 8.28. The highest BCUT2D eigenvalue weighted by atomic mass is 16.2. The van der Waals surface area contributed by atoms with E-state index in [0.29, 0.717) is 5.91 Å². The highest BCUT2D eigenvalue weighted by Crippen LogP contribution is 2.40. The lowest BCUT2D eigenvalue weighted by Gasteiger charge is -2.31. The maximum absolute atomic E-state index is 13.1. The lowest BCUT2D eigenvalue weighted by atomic mass is 9.81. The molecule has 2 fully saturated rings. The molecule has 1 atom stereocenters. The van der Waals surface area contributed by atoms with Gasteiger partial charge in [-0.15, -0.1) is 0 Å². The third-order valence-corrected chi connectivity index (χ3v) is 5.13. The smallest absolute Gasteiger partial charge is 0.244 e. The number of carbonyl (C=O) groups is 1. The Morgan fingerprint density at radius 3 is 2.68 bits per heavy atom. The average molecular weight is 304 g/mol. The van der Waals surface area contributed by atoms with Gasteiger partial charge < -0.3 is 4.90 Å². The molecule has 1 saturated carbocycles. The molecule has 122 valence electrons. The molecule has 1 amide bonds. The van der Waals surface area contributed by atoms with Gasteiger partial charge in [-0.05, 0) is 25.7 Å². The lowest BCUT2D eigenvalue weighted by molar-refractivity contribution is -0.134. The second-order valence-electron chi connectivity index (χ2n) is 6.75. The van der Waals surface area contributed by atoms with Crippen LogP contribution in [0.5, 0.6) is 0 Å². The fraction of sp³-hybridized carbons (Fsp3) is 0.765. The Morgan fingerprint density at radius 2 is 2.05 bits per heavy atom. The van der Waals surface area contributed by atoms with E-state index in [1.165, 1.54) is 12.0 Å². The van der Waals surface area contributed by atoms with E-state index in [2.05, 4.69) is 35.4 Å². The number of nitrogens with one attached hydrogen (secondary N) is 1. The molecule has 1 aliphatic heterocycles. The number of hydrogen-bond donors (Lipinski definition) is 1. The van der Waals surface area contributed by atoms with Crippen LogP contribution in [0.1, 0.15) is 69.8 Å². The molecular formula is C17H28N4O. The SMILES string of the molecule is CCCN1C(=O)C2(CCCCC2)NC1c1cn(C)nc1CC. The van der Waals surface area contributed by atoms with Crippen LogP contribution >= 0.6 is 0 Å². The molecule has 0 radical (unpaired) electrons. The molecule has 2 heterocycles. The first-order chi connectivity index (χ1) is 10.6. The van der Waals surface area contributed by atoms with Crippen LogP contribution in [-0.2, 0) is 18.3 Å². The van der Waals surface area contributed by atoms with Gasteiger partial charge in [0.1, 0.15) is 6.17 Å². The summed E-state index contributed by atoms with van der Waals surface area (Å²) < 4.78 is 1.87. The number of aryl methyl sites for hydroxylation is 2. The first-order valence-electron chi connectivity index (χ1n) is 8.72. The number of aromatic nitrogens is 2. The molecule has 1 spiro atoms. The molecule has 5 nitrogen and oxygen atoms in total. The fourth-order valence-corrected chi connectivity index (χ4v) is 4.08. The third-order valence-electron chi connectivity index (χ3n) is 5.13. The topological polar surface area (TPSA) is 50.2 Å². The monoisotopic (exact) mass is 304 g/mol. The van der Waals surface area contributed by atoms with E-state index >= 15 is 0 Å². The van der Waals surface area contributed by atoms with E-state index in [9.17, 15) is 4.79 Å². The van der Waals surface area contributed by atoms with Crippen molar-refractivity contribution in [3.05, 3.63) is 17.5 Å². The number of hydrogen-bond acceptors (Lipinski definition) is 3. The molecular weight excluding hydrogens is 276 g/mol. The summed E-state index contributed by atoms with van der Waals surface area (Å²) in [6, 6.07) is 0. The second kappa shape index (κ2) is 6.03. The Labute approximate surface area is 133 Å². The Kier molecular flexibility index (Phi) is 4.26. The number of carbonyl (C=O) groups excluding carboxylic acids is 1. The lowest BCUT2D eigenvalue weighted by Crippen LogP contribution is -2.48. The molecule has 1 aromatic heterocycles. The van der Waals surface area contributed by atoms with Crippen molar-refractivity contribution in [2.75, 3.05) is 6.54 Å². The molecule has 1 unspecified atom stereocenters. The van der Waals surface area contributed by atoms with Gasteiger partial charge in [0.25, 0.3) is 0 Å². The highest BCUT2D eigenvalue weighted by molar-refractivity contribution is 5.89. The third kappa shape index (κ3) is 2.45. The summed E-state index contributed by atoms with van der Waals surface area (Å²) in [5.41, 5.74) is 1.95. The first-order valence-corrected chi connectivity index (χ1v) is 8.72. The maximum Gasteiger partial charge on any atom is 0.244 e. The fourth-order valence-electron chi connectivity index (χ4n) is 4.08. The van der Waals surface area contributed by atoms with Crippen LogP contribution in [0.4, 0.5) is 0 Å². The van der Waals surface area contributed by atoms with Crippen LogP contribution in [0.25, 0.3) is 0 Å². The van der Waals surface area contributed by atoms with E-state index in [4.69, 9.17) is 0 Å². The van der Waals surface area contributed by atoms with E-state index in [0.717, 1.165) is 50.8 Å². The molecule has 1 N–H and O–H groups in total. The number of amides is 1. The molecule has 1 aromatic rings. The molecule has 1 saturated heterocycles. The zero-order valence-corrected chi connectivity index (χ0v) is 14.1. The van der Waals surface area contributed by atoms with Crippen molar-refractivity contribution in [3.8, 4) is 0 Å². The van der Waals surface area contributed by atoms with Crippen molar-refractivity contribution >= 4 is 5.91 Å². The van der Waals surface area contributed by atoms with Crippen molar-refractivity contribution in [2.45, 2.75) is 70.5 Å². The van der Waals surface area contributed by atoms with Gasteiger partial charge in [-0.1, -0.05) is 33.1 Å². The van der Waals surface area contributed by atoms with E-state index < -0.39 is 0 Å². The molecule has 2 aliphatic rings. The molecule has 0 bridgehead atoms. The summed E-state index contributed by atoms with van der Waals surface area (Å²) in [5.74, 6) is 0.310.